The van der Waals surface area contributed by atoms with Crippen LogP contribution in [-0.2, 0) is 4.74 Å². The molecule has 2 heterocycles. The Morgan fingerprint density at radius 3 is 3.00 bits per heavy atom. The van der Waals surface area contributed by atoms with Gasteiger partial charge in [-0.25, -0.2) is 4.39 Å². The van der Waals surface area contributed by atoms with Crippen molar-refractivity contribution in [2.75, 3.05) is 19.7 Å². The molecule has 0 bridgehead atoms. The predicted octanol–water partition coefficient (Wildman–Crippen LogP) is 0.867. The Morgan fingerprint density at radius 1 is 1.55 bits per heavy atom. The van der Waals surface area contributed by atoms with E-state index in [0.29, 0.717) is 19.6 Å². The summed E-state index contributed by atoms with van der Waals surface area (Å²) in [6, 6.07) is 0. The standard InChI is InChI=1S/C8H14FNO/c9-7-2-5-11-8(7)3-1-4-10-6-8/h7,10H,1-6H2. The van der Waals surface area contributed by atoms with Crippen LogP contribution in [0, 0.1) is 0 Å². The second-order valence-corrected chi connectivity index (χ2v) is 3.45. The van der Waals surface area contributed by atoms with Crippen molar-refractivity contribution >= 4 is 0 Å². The van der Waals surface area contributed by atoms with Crippen LogP contribution in [0.4, 0.5) is 4.39 Å². The van der Waals surface area contributed by atoms with E-state index in [0.717, 1.165) is 19.4 Å². The monoisotopic (exact) mass is 159 g/mol. The molecule has 2 rings (SSSR count). The van der Waals surface area contributed by atoms with Gasteiger partial charge < -0.3 is 10.1 Å². The van der Waals surface area contributed by atoms with Crippen molar-refractivity contribution in [2.45, 2.75) is 31.0 Å². The fourth-order valence-corrected chi connectivity index (χ4v) is 2.01. The second-order valence-electron chi connectivity index (χ2n) is 3.45. The summed E-state index contributed by atoms with van der Waals surface area (Å²) >= 11 is 0. The summed E-state index contributed by atoms with van der Waals surface area (Å²) in [6.07, 6.45) is 1.78. The molecule has 0 amide bonds. The Labute approximate surface area is 66.1 Å². The minimum absolute atomic E-state index is 0.446. The molecule has 0 aromatic heterocycles. The number of alkyl halides is 1. The third-order valence-electron chi connectivity index (χ3n) is 2.71. The van der Waals surface area contributed by atoms with Gasteiger partial charge in [-0.1, -0.05) is 0 Å². The fraction of sp³-hybridized carbons (Fsp3) is 1.00. The van der Waals surface area contributed by atoms with Gasteiger partial charge >= 0.3 is 0 Å². The Kier molecular flexibility index (Phi) is 1.85. The van der Waals surface area contributed by atoms with E-state index >= 15 is 0 Å². The van der Waals surface area contributed by atoms with Crippen molar-refractivity contribution in [3.8, 4) is 0 Å². The Balaban J connectivity index is 2.06. The van der Waals surface area contributed by atoms with E-state index in [4.69, 9.17) is 4.74 Å². The summed E-state index contributed by atoms with van der Waals surface area (Å²) in [6.45, 7) is 2.31. The van der Waals surface area contributed by atoms with Crippen LogP contribution >= 0.6 is 0 Å². The maximum absolute atomic E-state index is 13.3. The molecule has 1 spiro atoms. The van der Waals surface area contributed by atoms with Crippen molar-refractivity contribution in [1.29, 1.82) is 0 Å². The van der Waals surface area contributed by atoms with Gasteiger partial charge in [0, 0.05) is 13.0 Å². The highest BCUT2D eigenvalue weighted by Crippen LogP contribution is 2.34. The van der Waals surface area contributed by atoms with Gasteiger partial charge in [0.05, 0.1) is 6.61 Å². The third kappa shape index (κ3) is 1.16. The van der Waals surface area contributed by atoms with Crippen LogP contribution in [0.15, 0.2) is 0 Å². The van der Waals surface area contributed by atoms with E-state index in [9.17, 15) is 4.39 Å². The average molecular weight is 159 g/mol. The number of rotatable bonds is 0. The van der Waals surface area contributed by atoms with E-state index in [-0.39, 0.29) is 0 Å². The summed E-state index contributed by atoms with van der Waals surface area (Å²) < 4.78 is 18.8. The van der Waals surface area contributed by atoms with Gasteiger partial charge in [0.2, 0.25) is 0 Å². The molecule has 64 valence electrons. The smallest absolute Gasteiger partial charge is 0.132 e. The lowest BCUT2D eigenvalue weighted by Gasteiger charge is -2.34. The molecule has 0 aromatic rings. The summed E-state index contributed by atoms with van der Waals surface area (Å²) in [7, 11) is 0. The molecule has 0 radical (unpaired) electrons. The Bertz CT molecular complexity index is 145. The number of piperidine rings is 1. The molecule has 2 unspecified atom stereocenters. The predicted molar refractivity (Wildman–Crippen MR) is 40.3 cm³/mol. The van der Waals surface area contributed by atoms with Crippen molar-refractivity contribution < 1.29 is 9.13 Å². The van der Waals surface area contributed by atoms with E-state index in [1.165, 1.54) is 0 Å². The number of halogens is 1. The lowest BCUT2D eigenvalue weighted by Crippen LogP contribution is -2.50. The first-order valence-corrected chi connectivity index (χ1v) is 4.32. The average Bonchev–Trinajstić information content (AvgIpc) is 2.36. The van der Waals surface area contributed by atoms with Crippen LogP contribution < -0.4 is 5.32 Å². The molecule has 0 aliphatic carbocycles. The molecule has 3 heteroatoms. The zero-order chi connectivity index (χ0) is 7.73. The van der Waals surface area contributed by atoms with Crippen LogP contribution in [0.25, 0.3) is 0 Å². The zero-order valence-electron chi connectivity index (χ0n) is 6.61. The van der Waals surface area contributed by atoms with Crippen LogP contribution in [-0.4, -0.2) is 31.5 Å². The molecule has 11 heavy (non-hydrogen) atoms. The molecule has 0 saturated carbocycles. The molecule has 0 aromatic carbocycles. The first-order chi connectivity index (χ1) is 5.33. The topological polar surface area (TPSA) is 21.3 Å². The third-order valence-corrected chi connectivity index (χ3v) is 2.71. The Hall–Kier alpha value is -0.150. The highest BCUT2D eigenvalue weighted by Gasteiger charge is 2.45. The van der Waals surface area contributed by atoms with Crippen molar-refractivity contribution in [1.82, 2.24) is 5.32 Å². The Morgan fingerprint density at radius 2 is 2.45 bits per heavy atom. The number of ether oxygens (including phenoxy) is 1. The molecule has 2 aliphatic rings. The lowest BCUT2D eigenvalue weighted by molar-refractivity contribution is -0.0471. The minimum atomic E-state index is -0.740. The van der Waals surface area contributed by atoms with E-state index in [1.807, 2.05) is 0 Å². The summed E-state index contributed by atoms with van der Waals surface area (Å²) in [5.74, 6) is 0. The van der Waals surface area contributed by atoms with E-state index in [2.05, 4.69) is 5.32 Å². The van der Waals surface area contributed by atoms with Gasteiger partial charge in [-0.2, -0.15) is 0 Å². The molecule has 2 saturated heterocycles. The SMILES string of the molecule is FC1CCOC12CCCNC2. The summed E-state index contributed by atoms with van der Waals surface area (Å²) in [5.41, 5.74) is -0.446. The molecular weight excluding hydrogens is 145 g/mol. The van der Waals surface area contributed by atoms with Crippen LogP contribution in [0.5, 0.6) is 0 Å². The van der Waals surface area contributed by atoms with Crippen molar-refractivity contribution in [3.05, 3.63) is 0 Å². The lowest BCUT2D eigenvalue weighted by atomic mass is 9.90. The number of hydrogen-bond acceptors (Lipinski definition) is 2. The second kappa shape index (κ2) is 2.72. The molecule has 2 fully saturated rings. The molecule has 1 N–H and O–H groups in total. The fourth-order valence-electron chi connectivity index (χ4n) is 2.01. The van der Waals surface area contributed by atoms with Gasteiger partial charge in [0.25, 0.3) is 0 Å². The van der Waals surface area contributed by atoms with E-state index < -0.39 is 11.8 Å². The number of hydrogen-bond donors (Lipinski definition) is 1. The maximum atomic E-state index is 13.3. The van der Waals surface area contributed by atoms with Gasteiger partial charge in [0.1, 0.15) is 11.8 Å². The quantitative estimate of drug-likeness (QED) is 0.566. The largest absolute Gasteiger partial charge is 0.371 e. The van der Waals surface area contributed by atoms with Crippen LogP contribution in [0.1, 0.15) is 19.3 Å². The zero-order valence-corrected chi connectivity index (χ0v) is 6.61. The van der Waals surface area contributed by atoms with Crippen molar-refractivity contribution in [3.63, 3.8) is 0 Å². The highest BCUT2D eigenvalue weighted by molar-refractivity contribution is 4.97. The molecule has 2 nitrogen and oxygen atoms in total. The van der Waals surface area contributed by atoms with Gasteiger partial charge in [-0.15, -0.1) is 0 Å². The van der Waals surface area contributed by atoms with Crippen LogP contribution in [0.2, 0.25) is 0 Å². The summed E-state index contributed by atoms with van der Waals surface area (Å²) in [5, 5.41) is 3.18. The summed E-state index contributed by atoms with van der Waals surface area (Å²) in [4.78, 5) is 0. The number of nitrogens with one attached hydrogen (secondary N) is 1. The van der Waals surface area contributed by atoms with Crippen LogP contribution in [0.3, 0.4) is 0 Å². The minimum Gasteiger partial charge on any atom is -0.371 e. The van der Waals surface area contributed by atoms with Crippen molar-refractivity contribution in [2.24, 2.45) is 0 Å². The maximum Gasteiger partial charge on any atom is 0.132 e. The highest BCUT2D eigenvalue weighted by atomic mass is 19.1. The normalized spacial score (nSPS) is 45.0. The van der Waals surface area contributed by atoms with Gasteiger partial charge in [-0.05, 0) is 19.4 Å². The molecular formula is C8H14FNO. The first kappa shape index (κ1) is 7.50. The molecule has 2 aliphatic heterocycles. The van der Waals surface area contributed by atoms with E-state index in [1.54, 1.807) is 0 Å². The van der Waals surface area contributed by atoms with Gasteiger partial charge in [0.15, 0.2) is 0 Å². The molecule has 2 atom stereocenters. The van der Waals surface area contributed by atoms with Gasteiger partial charge in [-0.3, -0.25) is 0 Å². The first-order valence-electron chi connectivity index (χ1n) is 4.32.